The molecule has 4 rings (SSSR count). The third-order valence-corrected chi connectivity index (χ3v) is 5.40. The van der Waals surface area contributed by atoms with Crippen LogP contribution in [0.1, 0.15) is 18.5 Å². The molecule has 0 saturated carbocycles. The minimum absolute atomic E-state index is 0.0462. The van der Waals surface area contributed by atoms with Crippen LogP contribution in [-0.4, -0.2) is 30.1 Å². The largest absolute Gasteiger partial charge is 0.376 e. The predicted molar refractivity (Wildman–Crippen MR) is 139 cm³/mol. The van der Waals surface area contributed by atoms with Crippen molar-refractivity contribution in [1.29, 1.82) is 0 Å². The fourth-order valence-electron chi connectivity index (χ4n) is 3.68. The Morgan fingerprint density at radius 3 is 2.34 bits per heavy atom. The lowest BCUT2D eigenvalue weighted by atomic mass is 10.1. The first kappa shape index (κ1) is 23.7. The van der Waals surface area contributed by atoms with E-state index in [2.05, 4.69) is 20.6 Å². The fourth-order valence-corrected chi connectivity index (χ4v) is 3.68. The van der Waals surface area contributed by atoms with E-state index >= 15 is 0 Å². The summed E-state index contributed by atoms with van der Waals surface area (Å²) in [5.41, 5.74) is 2.85. The monoisotopic (exact) mass is 470 g/mol. The average Bonchev–Trinajstić information content (AvgIpc) is 2.85. The van der Waals surface area contributed by atoms with Crippen molar-refractivity contribution in [3.8, 4) is 0 Å². The molecule has 1 atom stereocenters. The van der Waals surface area contributed by atoms with Crippen molar-refractivity contribution < 1.29 is 9.18 Å². The van der Waals surface area contributed by atoms with Crippen LogP contribution < -0.4 is 20.4 Å². The molecule has 0 fully saturated rings. The van der Waals surface area contributed by atoms with Gasteiger partial charge in [-0.3, -0.25) is 0 Å². The van der Waals surface area contributed by atoms with E-state index in [1.54, 1.807) is 24.4 Å². The van der Waals surface area contributed by atoms with Crippen LogP contribution in [0.25, 0.3) is 0 Å². The molecule has 0 spiro atoms. The lowest BCUT2D eigenvalue weighted by molar-refractivity contribution is 0.259. The van der Waals surface area contributed by atoms with Crippen LogP contribution in [0.4, 0.5) is 38.0 Å². The summed E-state index contributed by atoms with van der Waals surface area (Å²) in [6, 6.07) is 24.3. The maximum absolute atomic E-state index is 13.7. The second kappa shape index (κ2) is 10.6. The van der Waals surface area contributed by atoms with Crippen molar-refractivity contribution >= 4 is 34.9 Å². The molecular weight excluding hydrogens is 443 g/mol. The molecule has 4 aromatic rings. The molecule has 35 heavy (non-hydrogen) atoms. The zero-order valence-electron chi connectivity index (χ0n) is 19.8. The number of hydrogen-bond acceptors (Lipinski definition) is 5. The normalized spacial score (nSPS) is 11.4. The minimum Gasteiger partial charge on any atom is -0.376 e. The second-order valence-electron chi connectivity index (χ2n) is 8.17. The number of halogens is 1. The van der Waals surface area contributed by atoms with E-state index < -0.39 is 11.8 Å². The van der Waals surface area contributed by atoms with E-state index in [9.17, 15) is 9.18 Å². The number of carbonyl (C=O) groups excluding carboxylic acids is 1. The van der Waals surface area contributed by atoms with Gasteiger partial charge in [-0.2, -0.15) is 4.98 Å². The first-order valence-corrected chi connectivity index (χ1v) is 11.2. The van der Waals surface area contributed by atoms with Gasteiger partial charge in [0.05, 0.1) is 17.4 Å². The number of rotatable bonds is 7. The number of nitrogens with zero attached hydrogens (tertiary/aromatic N) is 4. The summed E-state index contributed by atoms with van der Waals surface area (Å²) in [4.78, 5) is 25.9. The summed E-state index contributed by atoms with van der Waals surface area (Å²) >= 11 is 0. The molecule has 0 aliphatic carbocycles. The van der Waals surface area contributed by atoms with Crippen molar-refractivity contribution in [1.82, 2.24) is 9.97 Å². The lowest BCUT2D eigenvalue weighted by Gasteiger charge is -2.27. The molecule has 2 N–H and O–H groups in total. The summed E-state index contributed by atoms with van der Waals surface area (Å²) in [7, 11) is 3.80. The fraction of sp³-hybridized carbons (Fsp3) is 0.148. The van der Waals surface area contributed by atoms with E-state index in [1.165, 1.54) is 17.0 Å². The molecule has 0 radical (unpaired) electrons. The molecule has 0 saturated heterocycles. The van der Waals surface area contributed by atoms with Gasteiger partial charge in [-0.15, -0.1) is 0 Å². The summed E-state index contributed by atoms with van der Waals surface area (Å²) in [6.45, 7) is 2.02. The van der Waals surface area contributed by atoms with Gasteiger partial charge in [0.15, 0.2) is 0 Å². The third-order valence-electron chi connectivity index (χ3n) is 5.40. The van der Waals surface area contributed by atoms with Crippen LogP contribution in [-0.2, 0) is 0 Å². The molecule has 8 heteroatoms. The number of hydrogen-bond donors (Lipinski definition) is 2. The van der Waals surface area contributed by atoms with E-state index in [0.717, 1.165) is 11.3 Å². The Hall–Kier alpha value is -4.46. The smallest absolute Gasteiger partial charge is 0.332 e. The molecule has 178 valence electrons. The molecule has 0 aliphatic rings. The van der Waals surface area contributed by atoms with Gasteiger partial charge in [0, 0.05) is 32.0 Å². The summed E-state index contributed by atoms with van der Waals surface area (Å²) in [6.07, 6.45) is 1.60. The van der Waals surface area contributed by atoms with Crippen LogP contribution in [0.2, 0.25) is 0 Å². The summed E-state index contributed by atoms with van der Waals surface area (Å²) < 4.78 is 13.7. The highest BCUT2D eigenvalue weighted by molar-refractivity contribution is 6.08. The van der Waals surface area contributed by atoms with E-state index in [4.69, 9.17) is 0 Å². The Balaban J connectivity index is 1.71. The number of aromatic nitrogens is 2. The topological polar surface area (TPSA) is 73.4 Å². The first-order valence-electron chi connectivity index (χ1n) is 11.2. The van der Waals surface area contributed by atoms with Gasteiger partial charge in [0.1, 0.15) is 11.6 Å². The number of benzene rings is 3. The Kier molecular flexibility index (Phi) is 7.21. The van der Waals surface area contributed by atoms with E-state index in [-0.39, 0.29) is 6.04 Å². The molecule has 1 heterocycles. The molecule has 0 aliphatic heterocycles. The molecule has 2 amide bonds. The van der Waals surface area contributed by atoms with Crippen LogP contribution >= 0.6 is 0 Å². The zero-order valence-corrected chi connectivity index (χ0v) is 19.8. The summed E-state index contributed by atoms with van der Waals surface area (Å²) in [5.74, 6) is 0.308. The number of para-hydroxylation sites is 2. The lowest BCUT2D eigenvalue weighted by Crippen LogP contribution is -2.33. The van der Waals surface area contributed by atoms with Gasteiger partial charge in [0.25, 0.3) is 0 Å². The molecule has 3 aromatic carbocycles. The first-order chi connectivity index (χ1) is 16.9. The van der Waals surface area contributed by atoms with E-state index in [0.29, 0.717) is 23.1 Å². The van der Waals surface area contributed by atoms with E-state index in [1.807, 2.05) is 80.5 Å². The highest BCUT2D eigenvalue weighted by Gasteiger charge is 2.24. The van der Waals surface area contributed by atoms with Gasteiger partial charge in [0.2, 0.25) is 5.95 Å². The maximum Gasteiger partial charge on any atom is 0.332 e. The quantitative estimate of drug-likeness (QED) is 0.335. The maximum atomic E-state index is 13.7. The van der Waals surface area contributed by atoms with Gasteiger partial charge in [-0.05, 0) is 42.8 Å². The van der Waals surface area contributed by atoms with Crippen LogP contribution in [0, 0.1) is 5.82 Å². The van der Waals surface area contributed by atoms with Crippen molar-refractivity contribution in [3.63, 3.8) is 0 Å². The number of urea groups is 1. The Labute approximate surface area is 204 Å². The Bertz CT molecular complexity index is 1300. The van der Waals surface area contributed by atoms with Crippen LogP contribution in [0.15, 0.2) is 91.1 Å². The molecular formula is C27H27FN6O. The standard InChI is InChI=1S/C27H27FN6O/c1-19(20-10-5-4-6-11-20)30-26-29-17-16-25(32-26)34(24-15-8-7-14-23(24)33(2)3)27(35)31-22-13-9-12-21(28)18-22/h4-19H,1-3H3,(H,31,35)(H,29,30,32). The van der Waals surface area contributed by atoms with Crippen LogP contribution in [0.5, 0.6) is 0 Å². The van der Waals surface area contributed by atoms with Gasteiger partial charge in [-0.25, -0.2) is 19.1 Å². The number of carbonyl (C=O) groups is 1. The highest BCUT2D eigenvalue weighted by atomic mass is 19.1. The zero-order chi connectivity index (χ0) is 24.8. The summed E-state index contributed by atoms with van der Waals surface area (Å²) in [5, 5.41) is 6.08. The van der Waals surface area contributed by atoms with Crippen molar-refractivity contribution in [3.05, 3.63) is 103 Å². The average molecular weight is 471 g/mol. The molecule has 7 nitrogen and oxygen atoms in total. The number of amides is 2. The third kappa shape index (κ3) is 5.73. The highest BCUT2D eigenvalue weighted by Crippen LogP contribution is 2.34. The van der Waals surface area contributed by atoms with Gasteiger partial charge < -0.3 is 15.5 Å². The predicted octanol–water partition coefficient (Wildman–Crippen LogP) is 6.23. The second-order valence-corrected chi connectivity index (χ2v) is 8.17. The van der Waals surface area contributed by atoms with Crippen LogP contribution in [0.3, 0.4) is 0 Å². The minimum atomic E-state index is -0.481. The van der Waals surface area contributed by atoms with Crippen molar-refractivity contribution in [2.45, 2.75) is 13.0 Å². The Morgan fingerprint density at radius 2 is 1.63 bits per heavy atom. The van der Waals surface area contributed by atoms with Crippen molar-refractivity contribution in [2.24, 2.45) is 0 Å². The molecule has 0 bridgehead atoms. The SMILES string of the molecule is CC(Nc1nccc(N(C(=O)Nc2cccc(F)c2)c2ccccc2N(C)C)n1)c1ccccc1. The van der Waals surface area contributed by atoms with Gasteiger partial charge in [-0.1, -0.05) is 48.5 Å². The number of anilines is 5. The van der Waals surface area contributed by atoms with Crippen molar-refractivity contribution in [2.75, 3.05) is 34.5 Å². The molecule has 1 unspecified atom stereocenters. The molecule has 1 aromatic heterocycles. The van der Waals surface area contributed by atoms with Gasteiger partial charge >= 0.3 is 6.03 Å². The Morgan fingerprint density at radius 1 is 0.914 bits per heavy atom. The number of nitrogens with one attached hydrogen (secondary N) is 2.